The van der Waals surface area contributed by atoms with Gasteiger partial charge in [-0.25, -0.2) is 13.6 Å². The van der Waals surface area contributed by atoms with Crippen LogP contribution in [0.25, 0.3) is 0 Å². The first-order chi connectivity index (χ1) is 13.0. The van der Waals surface area contributed by atoms with Crippen LogP contribution in [0.1, 0.15) is 0 Å². The molecule has 0 saturated carbocycles. The standard InChI is InChI=1S/C19H19F2N3O3/c1-23(16-8-4-14(21)5-9-16)19(26)24-10-11-27-12-17(24)18(25)22-15-6-2-13(20)3-7-15/h2-9,17H,10-12H2,1H3,(H,22,25). The number of hydrogen-bond donors (Lipinski definition) is 1. The first-order valence-corrected chi connectivity index (χ1v) is 8.40. The maximum absolute atomic E-state index is 13.1. The van der Waals surface area contributed by atoms with Gasteiger partial charge in [0.1, 0.15) is 17.7 Å². The summed E-state index contributed by atoms with van der Waals surface area (Å²) >= 11 is 0. The summed E-state index contributed by atoms with van der Waals surface area (Å²) in [5.74, 6) is -1.24. The molecule has 3 amide bonds. The molecule has 0 bridgehead atoms. The van der Waals surface area contributed by atoms with Crippen molar-refractivity contribution in [3.63, 3.8) is 0 Å². The zero-order valence-corrected chi connectivity index (χ0v) is 14.7. The molecule has 0 radical (unpaired) electrons. The first-order valence-electron chi connectivity index (χ1n) is 8.40. The number of nitrogens with zero attached hydrogens (tertiary/aromatic N) is 2. The smallest absolute Gasteiger partial charge is 0.325 e. The van der Waals surface area contributed by atoms with Gasteiger partial charge < -0.3 is 15.0 Å². The van der Waals surface area contributed by atoms with Gasteiger partial charge >= 0.3 is 6.03 Å². The largest absolute Gasteiger partial charge is 0.377 e. The van der Waals surface area contributed by atoms with E-state index in [1.54, 1.807) is 7.05 Å². The maximum Gasteiger partial charge on any atom is 0.325 e. The topological polar surface area (TPSA) is 61.9 Å². The normalized spacial score (nSPS) is 16.7. The molecule has 1 aliphatic rings. The summed E-state index contributed by atoms with van der Waals surface area (Å²) < 4.78 is 31.5. The third-order valence-electron chi connectivity index (χ3n) is 4.29. The SMILES string of the molecule is CN(C(=O)N1CCOCC1C(=O)Nc1ccc(F)cc1)c1ccc(F)cc1. The van der Waals surface area contributed by atoms with Crippen LogP contribution in [-0.2, 0) is 9.53 Å². The number of amides is 3. The van der Waals surface area contributed by atoms with Crippen molar-refractivity contribution in [3.05, 3.63) is 60.2 Å². The van der Waals surface area contributed by atoms with Gasteiger partial charge in [0.15, 0.2) is 0 Å². The van der Waals surface area contributed by atoms with Gasteiger partial charge in [-0.1, -0.05) is 0 Å². The van der Waals surface area contributed by atoms with Crippen molar-refractivity contribution < 1.29 is 23.1 Å². The molecule has 2 aromatic rings. The molecule has 142 valence electrons. The fourth-order valence-electron chi connectivity index (χ4n) is 2.78. The lowest BCUT2D eigenvalue weighted by Gasteiger charge is -2.36. The molecule has 1 unspecified atom stereocenters. The number of benzene rings is 2. The minimum absolute atomic E-state index is 0.0516. The minimum atomic E-state index is -0.834. The van der Waals surface area contributed by atoms with E-state index < -0.39 is 29.6 Å². The predicted molar refractivity (Wildman–Crippen MR) is 96.5 cm³/mol. The Kier molecular flexibility index (Phi) is 5.66. The van der Waals surface area contributed by atoms with E-state index in [0.29, 0.717) is 18.0 Å². The first kappa shape index (κ1) is 18.8. The lowest BCUT2D eigenvalue weighted by atomic mass is 10.2. The van der Waals surface area contributed by atoms with Crippen LogP contribution >= 0.6 is 0 Å². The van der Waals surface area contributed by atoms with Crippen molar-refractivity contribution >= 4 is 23.3 Å². The third kappa shape index (κ3) is 4.40. The molecular formula is C19H19F2N3O3. The van der Waals surface area contributed by atoms with Gasteiger partial charge in [-0.3, -0.25) is 9.69 Å². The molecule has 1 fully saturated rings. The zero-order chi connectivity index (χ0) is 19.4. The molecule has 1 atom stereocenters. The van der Waals surface area contributed by atoms with Crippen molar-refractivity contribution in [2.24, 2.45) is 0 Å². The number of carbonyl (C=O) groups is 2. The van der Waals surface area contributed by atoms with Crippen LogP contribution in [0.5, 0.6) is 0 Å². The lowest BCUT2D eigenvalue weighted by molar-refractivity contribution is -0.125. The fraction of sp³-hybridized carbons (Fsp3) is 0.263. The summed E-state index contributed by atoms with van der Waals surface area (Å²) in [6.07, 6.45) is 0. The predicted octanol–water partition coefficient (Wildman–Crippen LogP) is 2.86. The highest BCUT2D eigenvalue weighted by Gasteiger charge is 2.34. The quantitative estimate of drug-likeness (QED) is 0.897. The van der Waals surface area contributed by atoms with E-state index in [1.807, 2.05) is 0 Å². The number of hydrogen-bond acceptors (Lipinski definition) is 3. The number of halogens is 2. The summed E-state index contributed by atoms with van der Waals surface area (Å²) in [5.41, 5.74) is 0.928. The Morgan fingerprint density at radius 2 is 1.67 bits per heavy atom. The van der Waals surface area contributed by atoms with Crippen LogP contribution in [0.15, 0.2) is 48.5 Å². The summed E-state index contributed by atoms with van der Waals surface area (Å²) in [4.78, 5) is 28.3. The van der Waals surface area contributed by atoms with Crippen molar-refractivity contribution in [2.45, 2.75) is 6.04 Å². The van der Waals surface area contributed by atoms with Crippen molar-refractivity contribution in [1.29, 1.82) is 0 Å². The van der Waals surface area contributed by atoms with Gasteiger partial charge in [0.2, 0.25) is 5.91 Å². The molecule has 2 aromatic carbocycles. The minimum Gasteiger partial charge on any atom is -0.377 e. The number of carbonyl (C=O) groups excluding carboxylic acids is 2. The van der Waals surface area contributed by atoms with E-state index in [1.165, 1.54) is 58.3 Å². The zero-order valence-electron chi connectivity index (χ0n) is 14.7. The van der Waals surface area contributed by atoms with Gasteiger partial charge in [0.25, 0.3) is 0 Å². The van der Waals surface area contributed by atoms with E-state index in [9.17, 15) is 18.4 Å². The monoisotopic (exact) mass is 375 g/mol. The maximum atomic E-state index is 13.1. The molecule has 1 saturated heterocycles. The molecule has 8 heteroatoms. The molecule has 1 aliphatic heterocycles. The van der Waals surface area contributed by atoms with Crippen molar-refractivity contribution in [3.8, 4) is 0 Å². The van der Waals surface area contributed by atoms with Crippen LogP contribution in [-0.4, -0.2) is 49.7 Å². The molecular weight excluding hydrogens is 356 g/mol. The average molecular weight is 375 g/mol. The van der Waals surface area contributed by atoms with E-state index in [2.05, 4.69) is 5.32 Å². The Bertz CT molecular complexity index is 812. The Morgan fingerprint density at radius 1 is 1.07 bits per heavy atom. The van der Waals surface area contributed by atoms with Gasteiger partial charge in [0, 0.05) is 25.0 Å². The van der Waals surface area contributed by atoms with Crippen LogP contribution in [0, 0.1) is 11.6 Å². The Morgan fingerprint density at radius 3 is 2.30 bits per heavy atom. The molecule has 0 aromatic heterocycles. The van der Waals surface area contributed by atoms with E-state index in [0.717, 1.165) is 0 Å². The third-order valence-corrected chi connectivity index (χ3v) is 4.29. The van der Waals surface area contributed by atoms with E-state index in [-0.39, 0.29) is 13.2 Å². The fourth-order valence-corrected chi connectivity index (χ4v) is 2.78. The number of ether oxygens (including phenoxy) is 1. The molecule has 0 spiro atoms. The number of morpholine rings is 1. The summed E-state index contributed by atoms with van der Waals surface area (Å²) in [7, 11) is 1.56. The summed E-state index contributed by atoms with van der Waals surface area (Å²) in [5, 5.41) is 2.66. The molecule has 1 N–H and O–H groups in total. The summed E-state index contributed by atoms with van der Waals surface area (Å²) in [6.45, 7) is 0.602. The molecule has 1 heterocycles. The molecule has 6 nitrogen and oxygen atoms in total. The highest BCUT2D eigenvalue weighted by molar-refractivity contribution is 6.00. The van der Waals surface area contributed by atoms with Gasteiger partial charge in [-0.2, -0.15) is 0 Å². The Labute approximate surface area is 155 Å². The van der Waals surface area contributed by atoms with Gasteiger partial charge in [-0.15, -0.1) is 0 Å². The highest BCUT2D eigenvalue weighted by Crippen LogP contribution is 2.19. The van der Waals surface area contributed by atoms with Crippen LogP contribution < -0.4 is 10.2 Å². The van der Waals surface area contributed by atoms with Crippen LogP contribution in [0.3, 0.4) is 0 Å². The highest BCUT2D eigenvalue weighted by atomic mass is 19.1. The average Bonchev–Trinajstić information content (AvgIpc) is 2.69. The van der Waals surface area contributed by atoms with Gasteiger partial charge in [0.05, 0.1) is 13.2 Å². The van der Waals surface area contributed by atoms with Crippen molar-refractivity contribution in [1.82, 2.24) is 4.90 Å². The van der Waals surface area contributed by atoms with Crippen LogP contribution in [0.2, 0.25) is 0 Å². The number of nitrogens with one attached hydrogen (secondary N) is 1. The molecule has 3 rings (SSSR count). The second-order valence-electron chi connectivity index (χ2n) is 6.10. The number of urea groups is 1. The van der Waals surface area contributed by atoms with Gasteiger partial charge in [-0.05, 0) is 48.5 Å². The number of anilines is 2. The number of rotatable bonds is 3. The molecule has 27 heavy (non-hydrogen) atoms. The lowest BCUT2D eigenvalue weighted by Crippen LogP contribution is -2.57. The second-order valence-corrected chi connectivity index (χ2v) is 6.10. The van der Waals surface area contributed by atoms with E-state index >= 15 is 0 Å². The second kappa shape index (κ2) is 8.13. The van der Waals surface area contributed by atoms with Crippen LogP contribution in [0.4, 0.5) is 25.0 Å². The van der Waals surface area contributed by atoms with E-state index in [4.69, 9.17) is 4.74 Å². The Balaban J connectivity index is 1.73. The van der Waals surface area contributed by atoms with Crippen molar-refractivity contribution in [2.75, 3.05) is 37.0 Å². The molecule has 0 aliphatic carbocycles. The Hall–Kier alpha value is -3.00. The summed E-state index contributed by atoms with van der Waals surface area (Å²) in [6, 6.07) is 9.61.